The highest BCUT2D eigenvalue weighted by atomic mass is 79.9. The van der Waals surface area contributed by atoms with Crippen molar-refractivity contribution in [3.05, 3.63) is 45.9 Å². The summed E-state index contributed by atoms with van der Waals surface area (Å²) in [6.45, 7) is 0. The number of alkyl halides is 3. The summed E-state index contributed by atoms with van der Waals surface area (Å²) < 4.78 is 41.7. The molecule has 0 bridgehead atoms. The largest absolute Gasteiger partial charge is 0.573 e. The average Bonchev–Trinajstić information content (AvgIpc) is 2.36. The molecule has 0 amide bonds. The molecule has 0 heterocycles. The van der Waals surface area contributed by atoms with Crippen LogP contribution < -0.4 is 15.8 Å². The summed E-state index contributed by atoms with van der Waals surface area (Å²) in [5.74, 6) is -0.378. The first-order chi connectivity index (χ1) is 9.76. The number of benzene rings is 2. The van der Waals surface area contributed by atoms with Crippen LogP contribution in [0.5, 0.6) is 5.75 Å². The third kappa shape index (κ3) is 4.18. The lowest BCUT2D eigenvalue weighted by Crippen LogP contribution is -2.18. The second-order valence-corrected chi connectivity index (χ2v) is 5.34. The van der Waals surface area contributed by atoms with Gasteiger partial charge in [-0.2, -0.15) is 0 Å². The zero-order valence-corrected chi connectivity index (χ0v) is 12.7. The van der Waals surface area contributed by atoms with Crippen molar-refractivity contribution in [3.63, 3.8) is 0 Å². The summed E-state index contributed by atoms with van der Waals surface area (Å²) in [5, 5.41) is 3.08. The predicted molar refractivity (Wildman–Crippen MR) is 80.0 cm³/mol. The summed E-state index contributed by atoms with van der Waals surface area (Å²) in [6.07, 6.45) is -4.79. The van der Waals surface area contributed by atoms with Gasteiger partial charge in [-0.25, -0.2) is 0 Å². The van der Waals surface area contributed by atoms with Gasteiger partial charge in [0.25, 0.3) is 0 Å². The van der Waals surface area contributed by atoms with Crippen molar-refractivity contribution in [2.75, 3.05) is 11.1 Å². The van der Waals surface area contributed by atoms with E-state index in [0.717, 1.165) is 0 Å². The fourth-order valence-electron chi connectivity index (χ4n) is 1.60. The third-order valence-corrected chi connectivity index (χ3v) is 3.31. The number of nitrogens with one attached hydrogen (secondary N) is 1. The number of ether oxygens (including phenoxy) is 1. The van der Waals surface area contributed by atoms with Crippen LogP contribution in [0.4, 0.5) is 30.2 Å². The lowest BCUT2D eigenvalue weighted by molar-refractivity contribution is -0.274. The van der Waals surface area contributed by atoms with E-state index in [2.05, 4.69) is 26.0 Å². The number of rotatable bonds is 3. The van der Waals surface area contributed by atoms with Crippen LogP contribution in [0, 0.1) is 0 Å². The molecule has 0 spiro atoms. The zero-order valence-electron chi connectivity index (χ0n) is 10.3. The minimum absolute atomic E-state index is 0.115. The van der Waals surface area contributed by atoms with Gasteiger partial charge in [-0.15, -0.1) is 13.2 Å². The summed E-state index contributed by atoms with van der Waals surface area (Å²) >= 11 is 8.96. The van der Waals surface area contributed by atoms with Gasteiger partial charge in [0.2, 0.25) is 0 Å². The highest BCUT2D eigenvalue weighted by molar-refractivity contribution is 9.10. The number of para-hydroxylation sites is 1. The number of hydrogen-bond acceptors (Lipinski definition) is 3. The van der Waals surface area contributed by atoms with Crippen LogP contribution in [0.25, 0.3) is 0 Å². The first-order valence-electron chi connectivity index (χ1n) is 5.62. The lowest BCUT2D eigenvalue weighted by atomic mass is 10.2. The lowest BCUT2D eigenvalue weighted by Gasteiger charge is -2.16. The fraction of sp³-hybridized carbons (Fsp3) is 0.0769. The molecule has 3 N–H and O–H groups in total. The molecule has 2 rings (SSSR count). The molecule has 0 radical (unpaired) electrons. The second kappa shape index (κ2) is 6.03. The Balaban J connectivity index is 2.37. The zero-order chi connectivity index (χ0) is 15.6. The van der Waals surface area contributed by atoms with Crippen LogP contribution in [0.3, 0.4) is 0 Å². The van der Waals surface area contributed by atoms with E-state index in [4.69, 9.17) is 17.3 Å². The average molecular weight is 382 g/mol. The molecular weight excluding hydrogens is 373 g/mol. The van der Waals surface area contributed by atoms with Gasteiger partial charge in [0, 0.05) is 4.47 Å². The van der Waals surface area contributed by atoms with Gasteiger partial charge in [0.1, 0.15) is 0 Å². The van der Waals surface area contributed by atoms with Gasteiger partial charge >= 0.3 is 6.36 Å². The normalized spacial score (nSPS) is 11.3. The van der Waals surface area contributed by atoms with E-state index in [1.54, 1.807) is 24.3 Å². The van der Waals surface area contributed by atoms with Gasteiger partial charge in [-0.1, -0.05) is 33.6 Å². The Hall–Kier alpha value is -1.60. The van der Waals surface area contributed by atoms with Crippen LogP contribution >= 0.6 is 27.5 Å². The van der Waals surface area contributed by atoms with E-state index in [-0.39, 0.29) is 17.1 Å². The Kier molecular flexibility index (Phi) is 4.53. The number of halogens is 5. The number of nitrogens with two attached hydrogens (primary N) is 1. The summed E-state index contributed by atoms with van der Waals surface area (Å²) in [5.41, 5.74) is 6.51. The molecule has 0 saturated carbocycles. The Bertz CT molecular complexity index is 664. The van der Waals surface area contributed by atoms with Gasteiger partial charge < -0.3 is 15.8 Å². The molecule has 21 heavy (non-hydrogen) atoms. The molecule has 0 aromatic heterocycles. The van der Waals surface area contributed by atoms with Crippen LogP contribution in [0.1, 0.15) is 0 Å². The molecule has 8 heteroatoms. The molecular formula is C13H9BrClF3N2O. The second-order valence-electron chi connectivity index (χ2n) is 4.01. The Morgan fingerprint density at radius 3 is 2.52 bits per heavy atom. The maximum absolute atomic E-state index is 12.4. The van der Waals surface area contributed by atoms with E-state index in [0.29, 0.717) is 15.2 Å². The molecule has 0 fully saturated rings. The van der Waals surface area contributed by atoms with Crippen LogP contribution in [0.2, 0.25) is 5.02 Å². The van der Waals surface area contributed by atoms with Crippen LogP contribution in [0.15, 0.2) is 40.9 Å². The number of nitrogen functional groups attached to an aromatic ring is 1. The Morgan fingerprint density at radius 2 is 1.86 bits per heavy atom. The van der Waals surface area contributed by atoms with Gasteiger partial charge in [-0.3, -0.25) is 0 Å². The summed E-state index contributed by atoms with van der Waals surface area (Å²) in [4.78, 5) is 0. The monoisotopic (exact) mass is 380 g/mol. The maximum atomic E-state index is 12.4. The summed E-state index contributed by atoms with van der Waals surface area (Å²) in [7, 11) is 0. The van der Waals surface area contributed by atoms with Gasteiger partial charge in [0.05, 0.1) is 22.1 Å². The van der Waals surface area contributed by atoms with Crippen molar-refractivity contribution in [3.8, 4) is 5.75 Å². The maximum Gasteiger partial charge on any atom is 0.573 e. The Labute approximate surface area is 132 Å². The molecule has 0 aliphatic heterocycles. The van der Waals surface area contributed by atoms with Crippen molar-refractivity contribution in [2.24, 2.45) is 0 Å². The molecule has 112 valence electrons. The molecule has 2 aromatic carbocycles. The van der Waals surface area contributed by atoms with Crippen LogP contribution in [-0.2, 0) is 0 Å². The Morgan fingerprint density at radius 1 is 1.14 bits per heavy atom. The topological polar surface area (TPSA) is 47.3 Å². The summed E-state index contributed by atoms with van der Waals surface area (Å²) in [6, 6.07) is 9.02. The van der Waals surface area contributed by atoms with Crippen molar-refractivity contribution < 1.29 is 17.9 Å². The van der Waals surface area contributed by atoms with E-state index < -0.39 is 6.36 Å². The first kappa shape index (κ1) is 15.8. The number of hydrogen-bond donors (Lipinski definition) is 2. The smallest absolute Gasteiger partial charge is 0.404 e. The quantitative estimate of drug-likeness (QED) is 0.707. The molecule has 3 nitrogen and oxygen atoms in total. The molecule has 2 aromatic rings. The molecule has 0 aliphatic carbocycles. The minimum Gasteiger partial charge on any atom is -0.404 e. The van der Waals surface area contributed by atoms with Gasteiger partial charge in [0.15, 0.2) is 5.75 Å². The van der Waals surface area contributed by atoms with E-state index in [9.17, 15) is 13.2 Å². The first-order valence-corrected chi connectivity index (χ1v) is 6.79. The number of anilines is 3. The predicted octanol–water partition coefficient (Wildman–Crippen LogP) is 5.33. The minimum atomic E-state index is -4.79. The molecule has 0 saturated heterocycles. The van der Waals surface area contributed by atoms with Crippen molar-refractivity contribution in [1.29, 1.82) is 0 Å². The van der Waals surface area contributed by atoms with Crippen molar-refractivity contribution in [1.82, 2.24) is 0 Å². The molecule has 0 aliphatic rings. The third-order valence-electron chi connectivity index (χ3n) is 2.49. The van der Waals surface area contributed by atoms with Gasteiger partial charge in [-0.05, 0) is 30.3 Å². The van der Waals surface area contributed by atoms with Crippen molar-refractivity contribution >= 4 is 44.6 Å². The van der Waals surface area contributed by atoms with E-state index >= 15 is 0 Å². The van der Waals surface area contributed by atoms with E-state index in [1.807, 2.05) is 0 Å². The fourth-order valence-corrected chi connectivity index (χ4v) is 2.11. The van der Waals surface area contributed by atoms with Crippen LogP contribution in [-0.4, -0.2) is 6.36 Å². The SMILES string of the molecule is Nc1c(Cl)cccc1Nc1ccc(Br)cc1OC(F)(F)F. The molecule has 0 atom stereocenters. The van der Waals surface area contributed by atoms with Crippen molar-refractivity contribution in [2.45, 2.75) is 6.36 Å². The van der Waals surface area contributed by atoms with E-state index in [1.165, 1.54) is 12.1 Å². The standard InChI is InChI=1S/C13H9BrClF3N2O/c14-7-4-5-9(11(6-7)21-13(16,17)18)20-10-3-1-2-8(15)12(10)19/h1-6,20H,19H2. The molecule has 0 unspecified atom stereocenters. The highest BCUT2D eigenvalue weighted by Crippen LogP contribution is 2.37. The highest BCUT2D eigenvalue weighted by Gasteiger charge is 2.32.